The van der Waals surface area contributed by atoms with Crippen LogP contribution in [0.1, 0.15) is 19.4 Å². The highest BCUT2D eigenvalue weighted by Crippen LogP contribution is 2.28. The molecular weight excluding hydrogens is 264 g/mol. The third-order valence-electron chi connectivity index (χ3n) is 2.36. The predicted molar refractivity (Wildman–Crippen MR) is 71.5 cm³/mol. The van der Waals surface area contributed by atoms with Gasteiger partial charge in [-0.2, -0.15) is 5.26 Å². The van der Waals surface area contributed by atoms with Crippen molar-refractivity contribution in [1.29, 1.82) is 5.26 Å². The van der Waals surface area contributed by atoms with Gasteiger partial charge in [0, 0.05) is 17.1 Å². The van der Waals surface area contributed by atoms with Gasteiger partial charge in [0.15, 0.2) is 0 Å². The highest BCUT2D eigenvalue weighted by Gasteiger charge is 2.14. The Labute approximate surface area is 105 Å². The van der Waals surface area contributed by atoms with Gasteiger partial charge in [0.05, 0.1) is 11.3 Å². The Bertz CT molecular complexity index is 418. The van der Waals surface area contributed by atoms with Crippen molar-refractivity contribution in [3.8, 4) is 6.07 Å². The van der Waals surface area contributed by atoms with E-state index in [0.717, 1.165) is 16.7 Å². The second-order valence-electron chi connectivity index (χ2n) is 3.78. The average molecular weight is 279 g/mol. The van der Waals surface area contributed by atoms with Crippen LogP contribution in [-0.4, -0.2) is 12.6 Å². The fourth-order valence-corrected chi connectivity index (χ4v) is 2.03. The molecule has 0 bridgehead atoms. The lowest BCUT2D eigenvalue weighted by Crippen LogP contribution is -2.31. The van der Waals surface area contributed by atoms with Crippen LogP contribution in [0.4, 0.5) is 5.69 Å². The van der Waals surface area contributed by atoms with Crippen molar-refractivity contribution in [3.05, 3.63) is 40.9 Å². The predicted octanol–water partition coefficient (Wildman–Crippen LogP) is 3.72. The molecule has 0 atom stereocenters. The molecule has 1 aromatic rings. The molecule has 0 fully saturated rings. The zero-order valence-corrected chi connectivity index (χ0v) is 11.2. The number of hydrogen-bond acceptors (Lipinski definition) is 2. The zero-order valence-electron chi connectivity index (χ0n) is 9.57. The van der Waals surface area contributed by atoms with Gasteiger partial charge in [0.25, 0.3) is 0 Å². The summed E-state index contributed by atoms with van der Waals surface area (Å²) in [4.78, 5) is 2.15. The second kappa shape index (κ2) is 5.72. The molecule has 1 rings (SSSR count). The van der Waals surface area contributed by atoms with Gasteiger partial charge in [-0.15, -0.1) is 6.58 Å². The Morgan fingerprint density at radius 1 is 1.56 bits per heavy atom. The molecule has 0 aromatic heterocycles. The minimum absolute atomic E-state index is 0.333. The molecule has 0 aliphatic heterocycles. The van der Waals surface area contributed by atoms with Crippen LogP contribution in [0.25, 0.3) is 0 Å². The standard InChI is InChI=1S/C13H15BrN2/c1-4-8-16(10(2)3)13-7-5-6-12(14)11(13)9-15/h4-7,10H,1,8H2,2-3H3. The van der Waals surface area contributed by atoms with E-state index in [4.69, 9.17) is 5.26 Å². The van der Waals surface area contributed by atoms with Crippen LogP contribution in [0.2, 0.25) is 0 Å². The van der Waals surface area contributed by atoms with Crippen molar-refractivity contribution in [2.75, 3.05) is 11.4 Å². The maximum atomic E-state index is 9.17. The van der Waals surface area contributed by atoms with E-state index in [1.807, 2.05) is 24.3 Å². The van der Waals surface area contributed by atoms with Gasteiger partial charge in [-0.05, 0) is 41.9 Å². The van der Waals surface area contributed by atoms with Crippen LogP contribution >= 0.6 is 15.9 Å². The molecule has 0 heterocycles. The van der Waals surface area contributed by atoms with Crippen LogP contribution in [0, 0.1) is 11.3 Å². The van der Waals surface area contributed by atoms with Gasteiger partial charge >= 0.3 is 0 Å². The molecule has 0 N–H and O–H groups in total. The Morgan fingerprint density at radius 2 is 2.25 bits per heavy atom. The molecule has 0 aliphatic carbocycles. The summed E-state index contributed by atoms with van der Waals surface area (Å²) in [5, 5.41) is 9.17. The summed E-state index contributed by atoms with van der Waals surface area (Å²) >= 11 is 3.40. The minimum Gasteiger partial charge on any atom is -0.364 e. The summed E-state index contributed by atoms with van der Waals surface area (Å²) in [5.41, 5.74) is 1.63. The van der Waals surface area contributed by atoms with E-state index < -0.39 is 0 Å². The lowest BCUT2D eigenvalue weighted by atomic mass is 10.1. The summed E-state index contributed by atoms with van der Waals surface area (Å²) in [6, 6.07) is 8.36. The van der Waals surface area contributed by atoms with Gasteiger partial charge in [-0.25, -0.2) is 0 Å². The fourth-order valence-electron chi connectivity index (χ4n) is 1.59. The highest BCUT2D eigenvalue weighted by atomic mass is 79.9. The summed E-state index contributed by atoms with van der Waals surface area (Å²) in [7, 11) is 0. The van der Waals surface area contributed by atoms with Gasteiger partial charge in [0.1, 0.15) is 6.07 Å². The Kier molecular flexibility index (Phi) is 4.57. The monoisotopic (exact) mass is 278 g/mol. The van der Waals surface area contributed by atoms with Crippen LogP contribution < -0.4 is 4.90 Å². The molecule has 1 aromatic carbocycles. The van der Waals surface area contributed by atoms with Crippen molar-refractivity contribution in [3.63, 3.8) is 0 Å². The molecular formula is C13H15BrN2. The Hall–Kier alpha value is -1.27. The van der Waals surface area contributed by atoms with E-state index in [-0.39, 0.29) is 0 Å². The van der Waals surface area contributed by atoms with Crippen molar-refractivity contribution < 1.29 is 0 Å². The molecule has 3 heteroatoms. The number of halogens is 1. The van der Waals surface area contributed by atoms with Crippen LogP contribution in [-0.2, 0) is 0 Å². The van der Waals surface area contributed by atoms with Gasteiger partial charge in [-0.1, -0.05) is 12.1 Å². The van der Waals surface area contributed by atoms with E-state index in [2.05, 4.69) is 47.3 Å². The van der Waals surface area contributed by atoms with Crippen molar-refractivity contribution in [2.24, 2.45) is 0 Å². The largest absolute Gasteiger partial charge is 0.364 e. The Balaban J connectivity index is 3.24. The van der Waals surface area contributed by atoms with E-state index in [9.17, 15) is 0 Å². The van der Waals surface area contributed by atoms with E-state index in [1.165, 1.54) is 0 Å². The van der Waals surface area contributed by atoms with Crippen molar-refractivity contribution in [2.45, 2.75) is 19.9 Å². The van der Waals surface area contributed by atoms with E-state index in [1.54, 1.807) is 0 Å². The van der Waals surface area contributed by atoms with Crippen LogP contribution in [0.5, 0.6) is 0 Å². The molecule has 2 nitrogen and oxygen atoms in total. The first-order valence-electron chi connectivity index (χ1n) is 5.18. The SMILES string of the molecule is C=CCN(c1cccc(Br)c1C#N)C(C)C. The third-order valence-corrected chi connectivity index (χ3v) is 3.02. The Morgan fingerprint density at radius 3 is 2.75 bits per heavy atom. The zero-order chi connectivity index (χ0) is 12.1. The number of rotatable bonds is 4. The third kappa shape index (κ3) is 2.65. The summed E-state index contributed by atoms with van der Waals surface area (Å²) < 4.78 is 0.835. The molecule has 0 saturated carbocycles. The molecule has 16 heavy (non-hydrogen) atoms. The summed E-state index contributed by atoms with van der Waals surface area (Å²) in [5.74, 6) is 0. The first-order chi connectivity index (χ1) is 7.61. The van der Waals surface area contributed by atoms with Crippen molar-refractivity contribution in [1.82, 2.24) is 0 Å². The molecule has 0 saturated heterocycles. The molecule has 0 radical (unpaired) electrons. The number of hydrogen-bond donors (Lipinski definition) is 0. The lowest BCUT2D eigenvalue weighted by molar-refractivity contribution is 0.722. The number of nitriles is 1. The van der Waals surface area contributed by atoms with Gasteiger partial charge in [-0.3, -0.25) is 0 Å². The normalized spacial score (nSPS) is 9.94. The van der Waals surface area contributed by atoms with Crippen LogP contribution in [0.15, 0.2) is 35.3 Å². The van der Waals surface area contributed by atoms with Crippen LogP contribution in [0.3, 0.4) is 0 Å². The van der Waals surface area contributed by atoms with E-state index >= 15 is 0 Å². The molecule has 0 amide bonds. The second-order valence-corrected chi connectivity index (χ2v) is 4.63. The number of benzene rings is 1. The summed E-state index contributed by atoms with van der Waals surface area (Å²) in [6.45, 7) is 8.69. The molecule has 84 valence electrons. The summed E-state index contributed by atoms with van der Waals surface area (Å²) in [6.07, 6.45) is 1.85. The quantitative estimate of drug-likeness (QED) is 0.785. The lowest BCUT2D eigenvalue weighted by Gasteiger charge is -2.28. The fraction of sp³-hybridized carbons (Fsp3) is 0.308. The van der Waals surface area contributed by atoms with Gasteiger partial charge in [0.2, 0.25) is 0 Å². The first kappa shape index (κ1) is 12.8. The number of anilines is 1. The minimum atomic E-state index is 0.333. The highest BCUT2D eigenvalue weighted by molar-refractivity contribution is 9.10. The number of nitrogens with zero attached hydrogens (tertiary/aromatic N) is 2. The molecule has 0 unspecified atom stereocenters. The molecule has 0 spiro atoms. The smallest absolute Gasteiger partial charge is 0.103 e. The molecule has 0 aliphatic rings. The average Bonchev–Trinajstić information content (AvgIpc) is 2.25. The van der Waals surface area contributed by atoms with Gasteiger partial charge < -0.3 is 4.90 Å². The van der Waals surface area contributed by atoms with E-state index in [0.29, 0.717) is 11.6 Å². The maximum absolute atomic E-state index is 9.17. The topological polar surface area (TPSA) is 27.0 Å². The van der Waals surface area contributed by atoms with Crippen molar-refractivity contribution >= 4 is 21.6 Å². The maximum Gasteiger partial charge on any atom is 0.103 e. The first-order valence-corrected chi connectivity index (χ1v) is 5.97.